The summed E-state index contributed by atoms with van der Waals surface area (Å²) in [5, 5.41) is 3.01. The third-order valence-electron chi connectivity index (χ3n) is 7.93. The van der Waals surface area contributed by atoms with Gasteiger partial charge in [-0.15, -0.1) is 0 Å². The Bertz CT molecular complexity index is 1130. The molecular formula is C34H46N2O5. The second-order valence-corrected chi connectivity index (χ2v) is 11.6. The maximum absolute atomic E-state index is 13.7. The Labute approximate surface area is 244 Å². The molecule has 1 amide bonds. The molecule has 2 heterocycles. The van der Waals surface area contributed by atoms with E-state index in [-0.39, 0.29) is 36.1 Å². The van der Waals surface area contributed by atoms with Crippen molar-refractivity contribution in [3.63, 3.8) is 0 Å². The molecule has 0 radical (unpaired) electrons. The summed E-state index contributed by atoms with van der Waals surface area (Å²) in [6.07, 6.45) is 9.76. The highest BCUT2D eigenvalue weighted by Gasteiger charge is 2.50. The second-order valence-electron chi connectivity index (χ2n) is 11.6. The van der Waals surface area contributed by atoms with Gasteiger partial charge in [-0.1, -0.05) is 69.9 Å². The standard InChI is InChI=1S/C34H46N2O5/c1-4-6-9-14-29(37)22-28(21-26-16-18-35-19-17-26)33(40)36-30(15-7-5-2)31(38)23-27(32(39)34(3)24-41-34)20-25-12-10-8-11-13-25/h8,10-13,16-19,27-28,30H,4-7,9,14-15,20-24H2,1-3H3,(H,36,40)/t27-,28-,30+,34-/m1/s1. The van der Waals surface area contributed by atoms with E-state index in [1.807, 2.05) is 49.4 Å². The fourth-order valence-electron chi connectivity index (χ4n) is 5.25. The van der Waals surface area contributed by atoms with Crippen LogP contribution >= 0.6 is 0 Å². The Morgan fingerprint density at radius 1 is 0.878 bits per heavy atom. The first-order valence-corrected chi connectivity index (χ1v) is 15.2. The predicted octanol–water partition coefficient (Wildman–Crippen LogP) is 5.63. The maximum atomic E-state index is 13.7. The lowest BCUT2D eigenvalue weighted by Gasteiger charge is -2.24. The average Bonchev–Trinajstić information content (AvgIpc) is 3.73. The molecule has 0 unspecified atom stereocenters. The van der Waals surface area contributed by atoms with Crippen LogP contribution in [0.2, 0.25) is 0 Å². The fraction of sp³-hybridized carbons (Fsp3) is 0.559. The van der Waals surface area contributed by atoms with Gasteiger partial charge in [-0.3, -0.25) is 24.2 Å². The molecular weight excluding hydrogens is 516 g/mol. The number of carbonyl (C=O) groups is 4. The Balaban J connectivity index is 1.75. The van der Waals surface area contributed by atoms with E-state index in [4.69, 9.17) is 4.74 Å². The van der Waals surface area contributed by atoms with Crippen LogP contribution in [-0.4, -0.2) is 46.5 Å². The maximum Gasteiger partial charge on any atom is 0.224 e. The van der Waals surface area contributed by atoms with Gasteiger partial charge >= 0.3 is 0 Å². The van der Waals surface area contributed by atoms with Crippen LogP contribution in [0.1, 0.15) is 89.7 Å². The summed E-state index contributed by atoms with van der Waals surface area (Å²) in [5.41, 5.74) is 1.07. The number of pyridine rings is 1. The Kier molecular flexibility index (Phi) is 12.9. The van der Waals surface area contributed by atoms with Crippen molar-refractivity contribution in [1.29, 1.82) is 0 Å². The van der Waals surface area contributed by atoms with E-state index in [0.29, 0.717) is 32.3 Å². The monoisotopic (exact) mass is 562 g/mol. The fourth-order valence-corrected chi connectivity index (χ4v) is 5.25. The number of hydrogen-bond acceptors (Lipinski definition) is 6. The summed E-state index contributed by atoms with van der Waals surface area (Å²) in [7, 11) is 0. The van der Waals surface area contributed by atoms with E-state index in [0.717, 1.165) is 43.2 Å². The summed E-state index contributed by atoms with van der Waals surface area (Å²) in [4.78, 5) is 57.6. The smallest absolute Gasteiger partial charge is 0.224 e. The Morgan fingerprint density at radius 2 is 1.51 bits per heavy atom. The molecule has 3 rings (SSSR count). The molecule has 0 bridgehead atoms. The number of hydrogen-bond donors (Lipinski definition) is 1. The number of Topliss-reactive ketones (excluding diaryl/α,β-unsaturated/α-hetero) is 3. The van der Waals surface area contributed by atoms with Crippen LogP contribution in [0.4, 0.5) is 0 Å². The van der Waals surface area contributed by atoms with Gasteiger partial charge in [0.25, 0.3) is 0 Å². The van der Waals surface area contributed by atoms with Crippen molar-refractivity contribution < 1.29 is 23.9 Å². The van der Waals surface area contributed by atoms with E-state index in [1.165, 1.54) is 0 Å². The van der Waals surface area contributed by atoms with Crippen molar-refractivity contribution in [3.8, 4) is 0 Å². The van der Waals surface area contributed by atoms with Gasteiger partial charge in [-0.2, -0.15) is 0 Å². The largest absolute Gasteiger partial charge is 0.362 e. The van der Waals surface area contributed by atoms with Gasteiger partial charge in [0.2, 0.25) is 5.91 Å². The van der Waals surface area contributed by atoms with Crippen LogP contribution < -0.4 is 5.32 Å². The van der Waals surface area contributed by atoms with Crippen LogP contribution in [0, 0.1) is 11.8 Å². The van der Waals surface area contributed by atoms with E-state index in [9.17, 15) is 19.2 Å². The number of epoxide rings is 1. The number of carbonyl (C=O) groups excluding carboxylic acids is 4. The van der Waals surface area contributed by atoms with Crippen molar-refractivity contribution in [2.24, 2.45) is 11.8 Å². The summed E-state index contributed by atoms with van der Waals surface area (Å²) in [6, 6.07) is 12.7. The molecule has 7 heteroatoms. The van der Waals surface area contributed by atoms with Crippen LogP contribution in [0.5, 0.6) is 0 Å². The topological polar surface area (TPSA) is 106 Å². The Hall–Kier alpha value is -3.19. The van der Waals surface area contributed by atoms with E-state index < -0.39 is 23.5 Å². The molecule has 1 N–H and O–H groups in total. The van der Waals surface area contributed by atoms with E-state index in [2.05, 4.69) is 17.2 Å². The van der Waals surface area contributed by atoms with Gasteiger partial charge in [0.15, 0.2) is 11.6 Å². The van der Waals surface area contributed by atoms with E-state index >= 15 is 0 Å². The number of nitrogens with zero attached hydrogens (tertiary/aromatic N) is 1. The summed E-state index contributed by atoms with van der Waals surface area (Å²) in [6.45, 7) is 6.27. The van der Waals surface area contributed by atoms with Gasteiger partial charge in [-0.25, -0.2) is 0 Å². The normalized spacial score (nSPS) is 18.2. The number of ether oxygens (including phenoxy) is 1. The van der Waals surface area contributed by atoms with Crippen LogP contribution in [-0.2, 0) is 36.8 Å². The first-order valence-electron chi connectivity index (χ1n) is 15.2. The first kappa shape index (κ1) is 32.3. The van der Waals surface area contributed by atoms with Crippen molar-refractivity contribution >= 4 is 23.3 Å². The zero-order chi connectivity index (χ0) is 29.7. The zero-order valence-electron chi connectivity index (χ0n) is 24.9. The molecule has 7 nitrogen and oxygen atoms in total. The van der Waals surface area contributed by atoms with Crippen LogP contribution in [0.15, 0.2) is 54.9 Å². The molecule has 222 valence electrons. The number of amides is 1. The molecule has 1 saturated heterocycles. The van der Waals surface area contributed by atoms with Crippen molar-refractivity contribution in [3.05, 3.63) is 66.0 Å². The van der Waals surface area contributed by atoms with Gasteiger partial charge < -0.3 is 10.1 Å². The molecule has 41 heavy (non-hydrogen) atoms. The molecule has 4 atom stereocenters. The molecule has 0 aliphatic carbocycles. The zero-order valence-corrected chi connectivity index (χ0v) is 24.9. The second kappa shape index (κ2) is 16.3. The lowest BCUT2D eigenvalue weighted by Crippen LogP contribution is -2.46. The first-order chi connectivity index (χ1) is 19.8. The Morgan fingerprint density at radius 3 is 2.15 bits per heavy atom. The summed E-state index contributed by atoms with van der Waals surface area (Å²) >= 11 is 0. The van der Waals surface area contributed by atoms with Gasteiger partial charge in [-0.05, 0) is 55.9 Å². The molecule has 1 aliphatic rings. The molecule has 0 spiro atoms. The molecule has 0 saturated carbocycles. The summed E-state index contributed by atoms with van der Waals surface area (Å²) < 4.78 is 5.44. The molecule has 1 fully saturated rings. The predicted molar refractivity (Wildman–Crippen MR) is 159 cm³/mol. The van der Waals surface area contributed by atoms with Crippen LogP contribution in [0.3, 0.4) is 0 Å². The number of aromatic nitrogens is 1. The molecule has 1 aromatic carbocycles. The van der Waals surface area contributed by atoms with Crippen molar-refractivity contribution in [2.45, 2.75) is 103 Å². The third-order valence-corrected chi connectivity index (χ3v) is 7.93. The molecule has 1 aliphatic heterocycles. The number of nitrogens with one attached hydrogen (secondary N) is 1. The minimum Gasteiger partial charge on any atom is -0.362 e. The number of ketones is 3. The quantitative estimate of drug-likeness (QED) is 0.166. The highest BCUT2D eigenvalue weighted by molar-refractivity contribution is 5.97. The highest BCUT2D eigenvalue weighted by Crippen LogP contribution is 2.33. The van der Waals surface area contributed by atoms with Gasteiger partial charge in [0.05, 0.1) is 12.6 Å². The minimum atomic E-state index is -0.838. The molecule has 1 aromatic heterocycles. The van der Waals surface area contributed by atoms with Crippen LogP contribution in [0.25, 0.3) is 0 Å². The van der Waals surface area contributed by atoms with E-state index in [1.54, 1.807) is 19.3 Å². The SMILES string of the molecule is CCCCCC(=O)C[C@@H](Cc1ccncc1)C(=O)N[C@@H](CCCC)C(=O)C[C@@H](Cc1ccccc1)C(=O)[C@@]1(C)CO1. The van der Waals surface area contributed by atoms with Gasteiger partial charge in [0.1, 0.15) is 11.4 Å². The number of unbranched alkanes of at least 4 members (excludes halogenated alkanes) is 3. The average molecular weight is 563 g/mol. The lowest BCUT2D eigenvalue weighted by molar-refractivity contribution is -0.134. The highest BCUT2D eigenvalue weighted by atomic mass is 16.6. The van der Waals surface area contributed by atoms with Crippen molar-refractivity contribution in [2.75, 3.05) is 6.61 Å². The third kappa shape index (κ3) is 10.6. The number of benzene rings is 1. The molecule has 2 aromatic rings. The minimum absolute atomic E-state index is 0.0340. The van der Waals surface area contributed by atoms with Crippen molar-refractivity contribution in [1.82, 2.24) is 10.3 Å². The van der Waals surface area contributed by atoms with Gasteiger partial charge in [0, 0.05) is 43.5 Å². The number of rotatable bonds is 20. The summed E-state index contributed by atoms with van der Waals surface area (Å²) in [5.74, 6) is -1.56. The lowest BCUT2D eigenvalue weighted by atomic mass is 9.83.